The van der Waals surface area contributed by atoms with Gasteiger partial charge in [-0.05, 0) is 30.2 Å². The molecule has 1 amide bonds. The molecule has 0 saturated heterocycles. The maximum absolute atomic E-state index is 11.8. The predicted octanol–water partition coefficient (Wildman–Crippen LogP) is 3.00. The Morgan fingerprint density at radius 3 is 2.48 bits per heavy atom. The Bertz CT molecular complexity index is 820. The summed E-state index contributed by atoms with van der Waals surface area (Å²) in [5.41, 5.74) is 1.07. The Kier molecular flexibility index (Phi) is 8.32. The van der Waals surface area contributed by atoms with Crippen LogP contribution in [0.2, 0.25) is 0 Å². The van der Waals surface area contributed by atoms with Crippen LogP contribution in [0.4, 0.5) is 0 Å². The van der Waals surface area contributed by atoms with Crippen LogP contribution in [-0.2, 0) is 11.2 Å². The van der Waals surface area contributed by atoms with E-state index in [1.807, 2.05) is 42.5 Å². The van der Waals surface area contributed by atoms with E-state index in [1.54, 1.807) is 19.2 Å². The van der Waals surface area contributed by atoms with E-state index in [9.17, 15) is 4.79 Å². The number of hydrogen-bond acceptors (Lipinski definition) is 4. The molecule has 0 atom stereocenters. The van der Waals surface area contributed by atoms with Crippen LogP contribution in [0.3, 0.4) is 0 Å². The van der Waals surface area contributed by atoms with Crippen molar-refractivity contribution in [1.82, 2.24) is 5.32 Å². The molecule has 2 aromatic carbocycles. The van der Waals surface area contributed by atoms with Gasteiger partial charge in [-0.3, -0.25) is 4.79 Å². The number of nitrogens with one attached hydrogen (secondary N) is 1. The molecular formula is C22H23NO4. The summed E-state index contributed by atoms with van der Waals surface area (Å²) in [6, 6.07) is 14.9. The Balaban J connectivity index is 1.69. The molecule has 0 aliphatic heterocycles. The van der Waals surface area contributed by atoms with Crippen molar-refractivity contribution in [2.24, 2.45) is 0 Å². The van der Waals surface area contributed by atoms with Crippen molar-refractivity contribution in [2.75, 3.05) is 26.9 Å². The van der Waals surface area contributed by atoms with Crippen LogP contribution < -0.4 is 19.5 Å². The zero-order valence-electron chi connectivity index (χ0n) is 15.4. The smallest absolute Gasteiger partial charge is 0.258 e. The van der Waals surface area contributed by atoms with Gasteiger partial charge in [-0.25, -0.2) is 0 Å². The summed E-state index contributed by atoms with van der Waals surface area (Å²) in [6.45, 7) is 4.11. The third-order valence-corrected chi connectivity index (χ3v) is 3.56. The van der Waals surface area contributed by atoms with Crippen LogP contribution >= 0.6 is 0 Å². The predicted molar refractivity (Wildman–Crippen MR) is 105 cm³/mol. The zero-order valence-corrected chi connectivity index (χ0v) is 15.4. The molecule has 27 heavy (non-hydrogen) atoms. The maximum atomic E-state index is 11.8. The van der Waals surface area contributed by atoms with E-state index in [0.29, 0.717) is 11.5 Å². The fourth-order valence-electron chi connectivity index (χ4n) is 2.27. The number of carbonyl (C=O) groups excluding carboxylic acids is 1. The van der Waals surface area contributed by atoms with E-state index >= 15 is 0 Å². The highest BCUT2D eigenvalue weighted by Crippen LogP contribution is 2.25. The summed E-state index contributed by atoms with van der Waals surface area (Å²) in [4.78, 5) is 11.8. The second-order valence-corrected chi connectivity index (χ2v) is 5.46. The van der Waals surface area contributed by atoms with Crippen LogP contribution in [-0.4, -0.2) is 32.8 Å². The van der Waals surface area contributed by atoms with Gasteiger partial charge in [0, 0.05) is 0 Å². The summed E-state index contributed by atoms with van der Waals surface area (Å²) >= 11 is 0. The van der Waals surface area contributed by atoms with Crippen molar-refractivity contribution in [3.05, 3.63) is 66.7 Å². The van der Waals surface area contributed by atoms with Crippen molar-refractivity contribution >= 4 is 5.91 Å². The van der Waals surface area contributed by atoms with Crippen molar-refractivity contribution in [2.45, 2.75) is 6.42 Å². The topological polar surface area (TPSA) is 56.8 Å². The first-order valence-electron chi connectivity index (χ1n) is 8.54. The van der Waals surface area contributed by atoms with Gasteiger partial charge in [0.25, 0.3) is 5.91 Å². The Labute approximate surface area is 159 Å². The lowest BCUT2D eigenvalue weighted by Crippen LogP contribution is -2.29. The van der Waals surface area contributed by atoms with Crippen molar-refractivity contribution < 1.29 is 19.0 Å². The third kappa shape index (κ3) is 6.79. The van der Waals surface area contributed by atoms with Gasteiger partial charge in [-0.1, -0.05) is 48.2 Å². The van der Waals surface area contributed by atoms with Crippen molar-refractivity contribution in [3.8, 4) is 29.1 Å². The quantitative estimate of drug-likeness (QED) is 0.548. The number of methoxy groups -OCH3 is 1. The third-order valence-electron chi connectivity index (χ3n) is 3.56. The second kappa shape index (κ2) is 11.3. The maximum Gasteiger partial charge on any atom is 0.258 e. The molecule has 1 N–H and O–H groups in total. The SMILES string of the molecule is C=CCc1ccccc1OCC#CCNC(=O)COc1ccccc1OC. The van der Waals surface area contributed by atoms with E-state index in [0.717, 1.165) is 17.7 Å². The number of rotatable bonds is 9. The molecule has 0 saturated carbocycles. The van der Waals surface area contributed by atoms with Gasteiger partial charge in [-0.2, -0.15) is 0 Å². The van der Waals surface area contributed by atoms with Gasteiger partial charge in [-0.15, -0.1) is 6.58 Å². The molecule has 0 aromatic heterocycles. The summed E-state index contributed by atoms with van der Waals surface area (Å²) in [7, 11) is 1.55. The van der Waals surface area contributed by atoms with Gasteiger partial charge in [0.1, 0.15) is 12.4 Å². The fourth-order valence-corrected chi connectivity index (χ4v) is 2.27. The summed E-state index contributed by atoms with van der Waals surface area (Å²) in [6.07, 6.45) is 2.57. The minimum Gasteiger partial charge on any atom is -0.493 e. The number of allylic oxidation sites excluding steroid dienone is 1. The minimum absolute atomic E-state index is 0.104. The lowest BCUT2D eigenvalue weighted by Gasteiger charge is -2.09. The molecule has 0 spiro atoms. The summed E-state index contributed by atoms with van der Waals surface area (Å²) < 4.78 is 16.3. The number of benzene rings is 2. The molecule has 5 heteroatoms. The molecule has 5 nitrogen and oxygen atoms in total. The van der Waals surface area contributed by atoms with E-state index in [1.165, 1.54) is 0 Å². The van der Waals surface area contributed by atoms with E-state index in [2.05, 4.69) is 23.7 Å². The molecule has 0 heterocycles. The zero-order chi connectivity index (χ0) is 19.3. The molecule has 0 unspecified atom stereocenters. The molecule has 0 radical (unpaired) electrons. The average Bonchev–Trinajstić information content (AvgIpc) is 2.70. The normalized spacial score (nSPS) is 9.52. The summed E-state index contributed by atoms with van der Waals surface area (Å²) in [5.74, 6) is 7.37. The number of amides is 1. The lowest BCUT2D eigenvalue weighted by molar-refractivity contribution is -0.122. The van der Waals surface area contributed by atoms with Gasteiger partial charge < -0.3 is 19.5 Å². The van der Waals surface area contributed by atoms with Crippen LogP contribution in [0.25, 0.3) is 0 Å². The van der Waals surface area contributed by atoms with E-state index < -0.39 is 0 Å². The van der Waals surface area contributed by atoms with E-state index in [-0.39, 0.29) is 25.7 Å². The first kappa shape index (κ1) is 19.9. The highest BCUT2D eigenvalue weighted by Gasteiger charge is 2.05. The summed E-state index contributed by atoms with van der Waals surface area (Å²) in [5, 5.41) is 2.67. The molecule has 140 valence electrons. The first-order valence-corrected chi connectivity index (χ1v) is 8.54. The number of ether oxygens (including phenoxy) is 3. The highest BCUT2D eigenvalue weighted by molar-refractivity contribution is 5.77. The molecule has 2 aromatic rings. The van der Waals surface area contributed by atoms with Gasteiger partial charge in [0.2, 0.25) is 0 Å². The van der Waals surface area contributed by atoms with Gasteiger partial charge >= 0.3 is 0 Å². The molecule has 0 aliphatic carbocycles. The van der Waals surface area contributed by atoms with Crippen LogP contribution in [0.5, 0.6) is 17.2 Å². The second-order valence-electron chi connectivity index (χ2n) is 5.46. The monoisotopic (exact) mass is 365 g/mol. The molecule has 0 fully saturated rings. The largest absolute Gasteiger partial charge is 0.493 e. The standard InChI is InChI=1S/C22H23NO4/c1-3-10-18-11-4-5-12-19(18)26-16-9-8-15-23-22(24)17-27-21-14-7-6-13-20(21)25-2/h3-7,11-14H,1,10,15-17H2,2H3,(H,23,24). The number of hydrogen-bond donors (Lipinski definition) is 1. The first-order chi connectivity index (χ1) is 13.2. The lowest BCUT2D eigenvalue weighted by atomic mass is 10.1. The molecule has 2 rings (SSSR count). The minimum atomic E-state index is -0.257. The van der Waals surface area contributed by atoms with Gasteiger partial charge in [0.15, 0.2) is 18.1 Å². The van der Waals surface area contributed by atoms with E-state index in [4.69, 9.17) is 14.2 Å². The van der Waals surface area contributed by atoms with Crippen LogP contribution in [0.15, 0.2) is 61.2 Å². The Morgan fingerprint density at radius 2 is 1.74 bits per heavy atom. The van der Waals surface area contributed by atoms with Crippen molar-refractivity contribution in [3.63, 3.8) is 0 Å². The van der Waals surface area contributed by atoms with Gasteiger partial charge in [0.05, 0.1) is 13.7 Å². The van der Waals surface area contributed by atoms with Crippen LogP contribution in [0, 0.1) is 11.8 Å². The highest BCUT2D eigenvalue weighted by atomic mass is 16.5. The number of carbonyl (C=O) groups is 1. The molecule has 0 aliphatic rings. The average molecular weight is 365 g/mol. The fraction of sp³-hybridized carbons (Fsp3) is 0.227. The molecular weight excluding hydrogens is 342 g/mol. The number of para-hydroxylation sites is 3. The Hall–Kier alpha value is -3.39. The van der Waals surface area contributed by atoms with Crippen LogP contribution in [0.1, 0.15) is 5.56 Å². The van der Waals surface area contributed by atoms with Crippen molar-refractivity contribution in [1.29, 1.82) is 0 Å². The Morgan fingerprint density at radius 1 is 1.04 bits per heavy atom. The molecule has 0 bridgehead atoms.